The molecule has 0 spiro atoms. The topological polar surface area (TPSA) is 43.9 Å². The number of rotatable bonds is 10. The van der Waals surface area contributed by atoms with Crippen molar-refractivity contribution in [3.05, 3.63) is 57.5 Å². The summed E-state index contributed by atoms with van der Waals surface area (Å²) >= 11 is 1.64. The fourth-order valence-electron chi connectivity index (χ4n) is 4.49. The van der Waals surface area contributed by atoms with Crippen molar-refractivity contribution in [2.45, 2.75) is 52.1 Å². The number of thiophene rings is 1. The standard InChI is InChI=1S/C26H34FN3O2S/c1-20-11-16-33-24(20)18-30(17-21-7-9-23(27)10-8-21)25(31)19-29(26(32)22-5-4-6-22)15-14-28-12-2-3-13-28/h7-11,16,22H,2-6,12-15,17-19H2,1H3. The van der Waals surface area contributed by atoms with Crippen LogP contribution in [0.3, 0.4) is 0 Å². The molecule has 1 aliphatic heterocycles. The second-order valence-electron chi connectivity index (χ2n) is 9.34. The number of benzene rings is 1. The molecule has 2 amide bonds. The number of likely N-dealkylation sites (tertiary alicyclic amines) is 1. The highest BCUT2D eigenvalue weighted by atomic mass is 32.1. The van der Waals surface area contributed by atoms with Gasteiger partial charge in [0.05, 0.1) is 13.1 Å². The molecule has 0 bridgehead atoms. The molecular formula is C26H34FN3O2S. The van der Waals surface area contributed by atoms with E-state index in [0.717, 1.165) is 54.9 Å². The highest BCUT2D eigenvalue weighted by Crippen LogP contribution is 2.28. The van der Waals surface area contributed by atoms with E-state index in [1.165, 1.54) is 25.0 Å². The van der Waals surface area contributed by atoms with Gasteiger partial charge in [0.25, 0.3) is 0 Å². The summed E-state index contributed by atoms with van der Waals surface area (Å²) in [6.07, 6.45) is 5.38. The van der Waals surface area contributed by atoms with Gasteiger partial charge in [0.1, 0.15) is 5.82 Å². The Kier molecular flexibility index (Phi) is 8.15. The molecule has 0 N–H and O–H groups in total. The van der Waals surface area contributed by atoms with Gasteiger partial charge in [-0.15, -0.1) is 11.3 Å². The van der Waals surface area contributed by atoms with Gasteiger partial charge < -0.3 is 14.7 Å². The Morgan fingerprint density at radius 3 is 2.36 bits per heavy atom. The second kappa shape index (κ2) is 11.3. The van der Waals surface area contributed by atoms with Crippen LogP contribution in [0.1, 0.15) is 48.1 Å². The molecule has 1 saturated heterocycles. The van der Waals surface area contributed by atoms with Gasteiger partial charge in [0.2, 0.25) is 11.8 Å². The van der Waals surface area contributed by atoms with Crippen molar-refractivity contribution in [2.24, 2.45) is 5.92 Å². The van der Waals surface area contributed by atoms with Crippen molar-refractivity contribution < 1.29 is 14.0 Å². The highest BCUT2D eigenvalue weighted by molar-refractivity contribution is 7.10. The van der Waals surface area contributed by atoms with Crippen molar-refractivity contribution in [1.29, 1.82) is 0 Å². The molecule has 33 heavy (non-hydrogen) atoms. The molecule has 1 saturated carbocycles. The third-order valence-electron chi connectivity index (χ3n) is 6.92. The van der Waals surface area contributed by atoms with Crippen LogP contribution in [-0.2, 0) is 22.7 Å². The lowest BCUT2D eigenvalue weighted by atomic mass is 9.84. The van der Waals surface area contributed by atoms with Gasteiger partial charge in [-0.05, 0) is 80.4 Å². The van der Waals surface area contributed by atoms with E-state index < -0.39 is 0 Å². The van der Waals surface area contributed by atoms with Crippen LogP contribution < -0.4 is 0 Å². The summed E-state index contributed by atoms with van der Waals surface area (Å²) < 4.78 is 13.4. The van der Waals surface area contributed by atoms with Crippen LogP contribution in [0.2, 0.25) is 0 Å². The van der Waals surface area contributed by atoms with Gasteiger partial charge in [-0.1, -0.05) is 18.6 Å². The SMILES string of the molecule is Cc1ccsc1CN(Cc1ccc(F)cc1)C(=O)CN(CCN1CCCC1)C(=O)C1CCC1. The average molecular weight is 472 g/mol. The molecule has 2 fully saturated rings. The number of hydrogen-bond donors (Lipinski definition) is 0. The van der Waals surface area contributed by atoms with Crippen molar-refractivity contribution in [1.82, 2.24) is 14.7 Å². The number of aryl methyl sites for hydroxylation is 1. The molecule has 2 aromatic rings. The Labute approximate surface area is 200 Å². The fraction of sp³-hybridized carbons (Fsp3) is 0.538. The Hall–Kier alpha value is -2.25. The molecule has 2 heterocycles. The Morgan fingerprint density at radius 2 is 1.76 bits per heavy atom. The minimum atomic E-state index is -0.287. The lowest BCUT2D eigenvalue weighted by Crippen LogP contribution is -2.48. The van der Waals surface area contributed by atoms with E-state index >= 15 is 0 Å². The zero-order valence-corrected chi connectivity index (χ0v) is 20.3. The number of amides is 2. The van der Waals surface area contributed by atoms with Gasteiger partial charge in [0.15, 0.2) is 0 Å². The van der Waals surface area contributed by atoms with Gasteiger partial charge in [-0.2, -0.15) is 0 Å². The summed E-state index contributed by atoms with van der Waals surface area (Å²) in [7, 11) is 0. The number of carbonyl (C=O) groups is 2. The maximum atomic E-state index is 13.5. The molecule has 1 aromatic carbocycles. The van der Waals surface area contributed by atoms with E-state index in [4.69, 9.17) is 0 Å². The van der Waals surface area contributed by atoms with Crippen LogP contribution in [-0.4, -0.2) is 59.2 Å². The molecule has 0 unspecified atom stereocenters. The normalized spacial score (nSPS) is 16.5. The van der Waals surface area contributed by atoms with E-state index in [1.54, 1.807) is 28.4 Å². The summed E-state index contributed by atoms with van der Waals surface area (Å²) in [5.41, 5.74) is 2.04. The first kappa shape index (κ1) is 23.9. The summed E-state index contributed by atoms with van der Waals surface area (Å²) in [5, 5.41) is 2.04. The molecule has 1 aromatic heterocycles. The lowest BCUT2D eigenvalue weighted by molar-refractivity contribution is -0.145. The summed E-state index contributed by atoms with van der Waals surface area (Å²) in [5.74, 6) is -0.143. The molecule has 7 heteroatoms. The summed E-state index contributed by atoms with van der Waals surface area (Å²) in [6.45, 7) is 6.63. The summed E-state index contributed by atoms with van der Waals surface area (Å²) in [4.78, 5) is 33.8. The van der Waals surface area contributed by atoms with Gasteiger partial charge in [0, 0.05) is 30.4 Å². The molecule has 1 aliphatic carbocycles. The zero-order chi connectivity index (χ0) is 23.2. The predicted octanol–water partition coefficient (Wildman–Crippen LogP) is 4.45. The van der Waals surface area contributed by atoms with E-state index in [-0.39, 0.29) is 30.1 Å². The third kappa shape index (κ3) is 6.42. The first-order valence-corrected chi connectivity index (χ1v) is 12.9. The van der Waals surface area contributed by atoms with Crippen molar-refractivity contribution in [2.75, 3.05) is 32.7 Å². The van der Waals surface area contributed by atoms with Crippen LogP contribution in [0.15, 0.2) is 35.7 Å². The molecule has 0 atom stereocenters. The maximum absolute atomic E-state index is 13.5. The summed E-state index contributed by atoms with van der Waals surface area (Å²) in [6, 6.07) is 8.36. The van der Waals surface area contributed by atoms with Gasteiger partial charge >= 0.3 is 0 Å². The molecule has 2 aliphatic rings. The molecule has 0 radical (unpaired) electrons. The monoisotopic (exact) mass is 471 g/mol. The van der Waals surface area contributed by atoms with Crippen molar-refractivity contribution in [3.8, 4) is 0 Å². The van der Waals surface area contributed by atoms with E-state index in [9.17, 15) is 14.0 Å². The second-order valence-corrected chi connectivity index (χ2v) is 10.3. The first-order chi connectivity index (χ1) is 16.0. The Balaban J connectivity index is 1.47. The Bertz CT molecular complexity index is 935. The largest absolute Gasteiger partial charge is 0.332 e. The van der Waals surface area contributed by atoms with Gasteiger partial charge in [-0.25, -0.2) is 4.39 Å². The predicted molar refractivity (Wildman–Crippen MR) is 129 cm³/mol. The zero-order valence-electron chi connectivity index (χ0n) is 19.5. The smallest absolute Gasteiger partial charge is 0.242 e. The molecule has 4 rings (SSSR count). The van der Waals surface area contributed by atoms with Crippen molar-refractivity contribution in [3.63, 3.8) is 0 Å². The third-order valence-corrected chi connectivity index (χ3v) is 7.93. The minimum absolute atomic E-state index is 0.0544. The van der Waals surface area contributed by atoms with Crippen LogP contribution in [0.4, 0.5) is 4.39 Å². The molecule has 5 nitrogen and oxygen atoms in total. The van der Waals surface area contributed by atoms with Crippen LogP contribution in [0.25, 0.3) is 0 Å². The first-order valence-electron chi connectivity index (χ1n) is 12.1. The van der Waals surface area contributed by atoms with E-state index in [2.05, 4.69) is 17.9 Å². The van der Waals surface area contributed by atoms with Crippen LogP contribution >= 0.6 is 11.3 Å². The lowest BCUT2D eigenvalue weighted by Gasteiger charge is -2.34. The average Bonchev–Trinajstić information content (AvgIpc) is 3.42. The van der Waals surface area contributed by atoms with Crippen LogP contribution in [0.5, 0.6) is 0 Å². The molecular weight excluding hydrogens is 437 g/mol. The fourth-order valence-corrected chi connectivity index (χ4v) is 5.41. The number of halogens is 1. The van der Waals surface area contributed by atoms with Gasteiger partial charge in [-0.3, -0.25) is 9.59 Å². The maximum Gasteiger partial charge on any atom is 0.242 e. The quantitative estimate of drug-likeness (QED) is 0.514. The van der Waals surface area contributed by atoms with E-state index in [0.29, 0.717) is 19.6 Å². The number of hydrogen-bond acceptors (Lipinski definition) is 4. The number of nitrogens with zero attached hydrogens (tertiary/aromatic N) is 3. The highest BCUT2D eigenvalue weighted by Gasteiger charge is 2.31. The minimum Gasteiger partial charge on any atom is -0.332 e. The molecule has 178 valence electrons. The van der Waals surface area contributed by atoms with Crippen LogP contribution in [0, 0.1) is 18.7 Å². The van der Waals surface area contributed by atoms with E-state index in [1.807, 2.05) is 10.3 Å². The Morgan fingerprint density at radius 1 is 1.03 bits per heavy atom. The van der Waals surface area contributed by atoms with Crippen molar-refractivity contribution >= 4 is 23.2 Å². The number of carbonyl (C=O) groups excluding carboxylic acids is 2.